The maximum Gasteiger partial charge on any atom is 0.220 e. The second-order valence-electron chi connectivity index (χ2n) is 4.06. The number of primary amides is 1. The predicted octanol–water partition coefficient (Wildman–Crippen LogP) is 2.43. The fraction of sp³-hybridized carbons (Fsp3) is 0.833. The van der Waals surface area contributed by atoms with Crippen LogP contribution in [-0.4, -0.2) is 12.2 Å². The summed E-state index contributed by atoms with van der Waals surface area (Å²) < 4.78 is 0. The normalized spacial score (nSPS) is 12.3. The van der Waals surface area contributed by atoms with Crippen molar-refractivity contribution >= 4 is 12.2 Å². The topological polar surface area (TPSA) is 60.2 Å². The summed E-state index contributed by atoms with van der Waals surface area (Å²) in [7, 11) is 0. The number of carbonyl (C=O) groups is 2. The van der Waals surface area contributed by atoms with Gasteiger partial charge in [-0.3, -0.25) is 4.79 Å². The first-order valence-electron chi connectivity index (χ1n) is 5.95. The summed E-state index contributed by atoms with van der Waals surface area (Å²) in [6, 6.07) is 0. The van der Waals surface area contributed by atoms with Crippen LogP contribution in [0, 0.1) is 5.92 Å². The highest BCUT2D eigenvalue weighted by Gasteiger charge is 2.13. The largest absolute Gasteiger partial charge is 0.369 e. The number of carbonyl (C=O) groups excluding carboxylic acids is 2. The number of rotatable bonds is 10. The molecule has 0 heterocycles. The first-order valence-corrected chi connectivity index (χ1v) is 5.95. The Morgan fingerprint density at radius 3 is 2.33 bits per heavy atom. The lowest BCUT2D eigenvalue weighted by molar-refractivity contribution is -0.124. The highest BCUT2D eigenvalue weighted by molar-refractivity contribution is 5.79. The van der Waals surface area contributed by atoms with Crippen LogP contribution in [0.5, 0.6) is 0 Å². The molecule has 0 saturated heterocycles. The van der Waals surface area contributed by atoms with E-state index in [1.54, 1.807) is 0 Å². The van der Waals surface area contributed by atoms with Crippen molar-refractivity contribution in [2.24, 2.45) is 11.7 Å². The van der Waals surface area contributed by atoms with Gasteiger partial charge in [-0.25, -0.2) is 0 Å². The third-order valence-electron chi connectivity index (χ3n) is 2.69. The Bertz CT molecular complexity index is 180. The summed E-state index contributed by atoms with van der Waals surface area (Å²) >= 11 is 0. The molecule has 0 aliphatic heterocycles. The maximum atomic E-state index is 10.9. The van der Waals surface area contributed by atoms with Crippen molar-refractivity contribution < 1.29 is 9.59 Å². The van der Waals surface area contributed by atoms with Gasteiger partial charge in [0.1, 0.15) is 6.29 Å². The van der Waals surface area contributed by atoms with Gasteiger partial charge in [-0.05, 0) is 6.42 Å². The minimum atomic E-state index is -0.337. The SMILES string of the molecule is CCCCCCCCC(CC=O)C(N)=O. The average Bonchev–Trinajstić information content (AvgIpc) is 2.21. The summed E-state index contributed by atoms with van der Waals surface area (Å²) in [6.07, 6.45) is 9.00. The number of unbranched alkanes of at least 4 members (excludes halogenated alkanes) is 5. The zero-order valence-corrected chi connectivity index (χ0v) is 9.71. The van der Waals surface area contributed by atoms with E-state index in [9.17, 15) is 9.59 Å². The Balaban J connectivity index is 3.45. The molecule has 0 spiro atoms. The molecule has 1 unspecified atom stereocenters. The van der Waals surface area contributed by atoms with Gasteiger partial charge in [-0.1, -0.05) is 45.4 Å². The van der Waals surface area contributed by atoms with E-state index in [2.05, 4.69) is 6.92 Å². The van der Waals surface area contributed by atoms with Crippen molar-refractivity contribution in [3.05, 3.63) is 0 Å². The zero-order valence-electron chi connectivity index (χ0n) is 9.71. The summed E-state index contributed by atoms with van der Waals surface area (Å²) in [5.74, 6) is -0.579. The molecule has 0 saturated carbocycles. The van der Waals surface area contributed by atoms with E-state index in [0.717, 1.165) is 25.5 Å². The number of aldehydes is 1. The van der Waals surface area contributed by atoms with Gasteiger partial charge in [-0.15, -0.1) is 0 Å². The van der Waals surface area contributed by atoms with Crippen LogP contribution in [-0.2, 0) is 9.59 Å². The Labute approximate surface area is 92.4 Å². The molecular weight excluding hydrogens is 190 g/mol. The van der Waals surface area contributed by atoms with Crippen LogP contribution in [0.2, 0.25) is 0 Å². The summed E-state index contributed by atoms with van der Waals surface area (Å²) in [5.41, 5.74) is 5.19. The molecule has 0 bridgehead atoms. The smallest absolute Gasteiger partial charge is 0.220 e. The van der Waals surface area contributed by atoms with Crippen LogP contribution in [0.4, 0.5) is 0 Å². The standard InChI is InChI=1S/C12H23NO2/c1-2-3-4-5-6-7-8-11(9-10-14)12(13)15/h10-11H,2-9H2,1H3,(H2,13,15). The van der Waals surface area contributed by atoms with Crippen molar-refractivity contribution in [3.8, 4) is 0 Å². The Hall–Kier alpha value is -0.860. The van der Waals surface area contributed by atoms with E-state index < -0.39 is 0 Å². The third kappa shape index (κ3) is 8.16. The molecule has 15 heavy (non-hydrogen) atoms. The van der Waals surface area contributed by atoms with Crippen LogP contribution in [0.15, 0.2) is 0 Å². The van der Waals surface area contributed by atoms with Gasteiger partial charge in [0, 0.05) is 12.3 Å². The second kappa shape index (κ2) is 9.69. The van der Waals surface area contributed by atoms with E-state index in [0.29, 0.717) is 0 Å². The molecule has 0 aliphatic carbocycles. The number of hydrogen-bond donors (Lipinski definition) is 1. The van der Waals surface area contributed by atoms with Gasteiger partial charge in [0.25, 0.3) is 0 Å². The highest BCUT2D eigenvalue weighted by Crippen LogP contribution is 2.14. The average molecular weight is 213 g/mol. The van der Waals surface area contributed by atoms with E-state index >= 15 is 0 Å². The molecule has 3 heteroatoms. The van der Waals surface area contributed by atoms with Gasteiger partial charge < -0.3 is 10.5 Å². The Kier molecular flexibility index (Phi) is 9.13. The van der Waals surface area contributed by atoms with Crippen LogP contribution in [0.3, 0.4) is 0 Å². The molecule has 3 nitrogen and oxygen atoms in total. The zero-order chi connectivity index (χ0) is 11.5. The van der Waals surface area contributed by atoms with Crippen molar-refractivity contribution in [2.75, 3.05) is 0 Å². The number of hydrogen-bond acceptors (Lipinski definition) is 2. The van der Waals surface area contributed by atoms with Gasteiger partial charge in [0.05, 0.1) is 0 Å². The molecule has 0 aliphatic rings. The monoisotopic (exact) mass is 213 g/mol. The summed E-state index contributed by atoms with van der Waals surface area (Å²) in [5, 5.41) is 0. The van der Waals surface area contributed by atoms with Crippen molar-refractivity contribution in [1.82, 2.24) is 0 Å². The van der Waals surface area contributed by atoms with Gasteiger partial charge >= 0.3 is 0 Å². The predicted molar refractivity (Wildman–Crippen MR) is 61.4 cm³/mol. The van der Waals surface area contributed by atoms with E-state index in [4.69, 9.17) is 5.73 Å². The van der Waals surface area contributed by atoms with Crippen LogP contribution < -0.4 is 5.73 Å². The first-order chi connectivity index (χ1) is 7.22. The molecular formula is C12H23NO2. The molecule has 0 radical (unpaired) electrons. The lowest BCUT2D eigenvalue weighted by Gasteiger charge is -2.09. The number of nitrogens with two attached hydrogens (primary N) is 1. The third-order valence-corrected chi connectivity index (χ3v) is 2.69. The van der Waals surface area contributed by atoms with Gasteiger partial charge in [-0.2, -0.15) is 0 Å². The van der Waals surface area contributed by atoms with E-state index in [1.807, 2.05) is 0 Å². The first kappa shape index (κ1) is 14.1. The molecule has 88 valence electrons. The molecule has 1 amide bonds. The highest BCUT2D eigenvalue weighted by atomic mass is 16.1. The minimum absolute atomic E-state index is 0.242. The fourth-order valence-corrected chi connectivity index (χ4v) is 1.66. The Morgan fingerprint density at radius 1 is 1.20 bits per heavy atom. The van der Waals surface area contributed by atoms with Crippen LogP contribution in [0.1, 0.15) is 58.3 Å². The minimum Gasteiger partial charge on any atom is -0.369 e. The van der Waals surface area contributed by atoms with Crippen molar-refractivity contribution in [1.29, 1.82) is 0 Å². The maximum absolute atomic E-state index is 10.9. The Morgan fingerprint density at radius 2 is 1.80 bits per heavy atom. The van der Waals surface area contributed by atoms with Gasteiger partial charge in [0.2, 0.25) is 5.91 Å². The van der Waals surface area contributed by atoms with E-state index in [-0.39, 0.29) is 18.2 Å². The van der Waals surface area contributed by atoms with Crippen molar-refractivity contribution in [2.45, 2.75) is 58.3 Å². The number of amides is 1. The molecule has 0 aromatic carbocycles. The second-order valence-corrected chi connectivity index (χ2v) is 4.06. The molecule has 1 atom stereocenters. The van der Waals surface area contributed by atoms with Gasteiger partial charge in [0.15, 0.2) is 0 Å². The van der Waals surface area contributed by atoms with Crippen LogP contribution in [0.25, 0.3) is 0 Å². The summed E-state index contributed by atoms with van der Waals surface area (Å²) in [4.78, 5) is 21.2. The quantitative estimate of drug-likeness (QED) is 0.447. The fourth-order valence-electron chi connectivity index (χ4n) is 1.66. The molecule has 0 fully saturated rings. The van der Waals surface area contributed by atoms with E-state index in [1.165, 1.54) is 25.7 Å². The van der Waals surface area contributed by atoms with Crippen LogP contribution >= 0.6 is 0 Å². The lowest BCUT2D eigenvalue weighted by Crippen LogP contribution is -2.23. The lowest BCUT2D eigenvalue weighted by atomic mass is 9.97. The summed E-state index contributed by atoms with van der Waals surface area (Å²) in [6.45, 7) is 2.19. The molecule has 0 aromatic heterocycles. The molecule has 0 aromatic rings. The molecule has 2 N–H and O–H groups in total. The van der Waals surface area contributed by atoms with Crippen molar-refractivity contribution in [3.63, 3.8) is 0 Å². The molecule has 0 rings (SSSR count).